The van der Waals surface area contributed by atoms with E-state index in [1.165, 1.54) is 12.0 Å². The molecule has 4 rings (SSSR count). The zero-order chi connectivity index (χ0) is 47.2. The van der Waals surface area contributed by atoms with Crippen LogP contribution in [0.1, 0.15) is 133 Å². The van der Waals surface area contributed by atoms with Gasteiger partial charge in [0.15, 0.2) is 14.1 Å². The molecule has 0 aromatic carbocycles. The van der Waals surface area contributed by atoms with E-state index in [9.17, 15) is 29.1 Å². The molecule has 3 fully saturated rings. The first-order chi connectivity index (χ1) is 29.4. The number of rotatable bonds is 8. The van der Waals surface area contributed by atoms with Crippen molar-refractivity contribution in [2.75, 3.05) is 27.9 Å². The van der Waals surface area contributed by atoms with Crippen LogP contribution in [0.4, 0.5) is 0 Å². The van der Waals surface area contributed by atoms with E-state index in [1.54, 1.807) is 21.1 Å². The SMILES string of the molecule is CCC1/C=C(\C)CC(C)CC(OC)C2OC(O)(C(=O)C(=O)N3CCCCC3C(=O)OC(C(C)=CC3CCC(=O)C(OC)C3)C(C)C(O[Si](C)(C)C(C)(C)C)CC1=O)C(C)CC2OC. The number of ketones is 3. The fraction of sp³-hybridized carbons (Fsp3) is 0.816. The van der Waals surface area contributed by atoms with Crippen molar-refractivity contribution in [3.63, 3.8) is 0 Å². The fourth-order valence-electron chi connectivity index (χ4n) is 9.92. The number of allylic oxidation sites excluding steroid dienone is 3. The van der Waals surface area contributed by atoms with E-state index >= 15 is 0 Å². The molecular formula is C49H81NO12Si. The van der Waals surface area contributed by atoms with Gasteiger partial charge < -0.3 is 38.1 Å². The molecule has 2 saturated heterocycles. The monoisotopic (exact) mass is 904 g/mol. The van der Waals surface area contributed by atoms with E-state index in [-0.39, 0.29) is 60.2 Å². The number of carbonyl (C=O) groups excluding carboxylic acids is 5. The number of fused-ring (bicyclic) bond motifs is 3. The van der Waals surface area contributed by atoms with E-state index in [0.29, 0.717) is 51.4 Å². The number of nitrogens with zero attached hydrogens (tertiary/aromatic N) is 1. The molecule has 1 aliphatic carbocycles. The molecule has 2 bridgehead atoms. The number of methoxy groups -OCH3 is 3. The summed E-state index contributed by atoms with van der Waals surface area (Å²) in [6.07, 6.45) is 4.97. The van der Waals surface area contributed by atoms with E-state index in [1.807, 2.05) is 27.7 Å². The van der Waals surface area contributed by atoms with Gasteiger partial charge >= 0.3 is 5.97 Å². The lowest BCUT2D eigenvalue weighted by atomic mass is 9.82. The summed E-state index contributed by atoms with van der Waals surface area (Å²) >= 11 is 0. The summed E-state index contributed by atoms with van der Waals surface area (Å²) in [5.41, 5.74) is 1.78. The molecule has 13 unspecified atom stereocenters. The molecule has 0 radical (unpaired) electrons. The van der Waals surface area contributed by atoms with Crippen LogP contribution in [0.25, 0.3) is 0 Å². The van der Waals surface area contributed by atoms with Gasteiger partial charge in [0.1, 0.15) is 30.1 Å². The van der Waals surface area contributed by atoms with Crippen LogP contribution in [-0.2, 0) is 52.1 Å². The van der Waals surface area contributed by atoms with Gasteiger partial charge in [0.05, 0.1) is 18.3 Å². The summed E-state index contributed by atoms with van der Waals surface area (Å²) in [6, 6.07) is -1.12. The van der Waals surface area contributed by atoms with Crippen LogP contribution in [0.3, 0.4) is 0 Å². The van der Waals surface area contributed by atoms with Crippen LogP contribution in [0.15, 0.2) is 23.3 Å². The first-order valence-corrected chi connectivity index (χ1v) is 26.5. The maximum Gasteiger partial charge on any atom is 0.329 e. The molecule has 1 saturated carbocycles. The smallest absolute Gasteiger partial charge is 0.329 e. The number of piperidine rings is 1. The van der Waals surface area contributed by atoms with Crippen molar-refractivity contribution in [1.82, 2.24) is 4.90 Å². The Morgan fingerprint density at radius 3 is 2.17 bits per heavy atom. The largest absolute Gasteiger partial charge is 0.456 e. The van der Waals surface area contributed by atoms with Crippen LogP contribution in [0.2, 0.25) is 18.1 Å². The van der Waals surface area contributed by atoms with Crippen molar-refractivity contribution in [1.29, 1.82) is 0 Å². The van der Waals surface area contributed by atoms with E-state index < -0.39 is 86.3 Å². The summed E-state index contributed by atoms with van der Waals surface area (Å²) in [7, 11) is 2.11. The zero-order valence-corrected chi connectivity index (χ0v) is 42.0. The minimum Gasteiger partial charge on any atom is -0.456 e. The van der Waals surface area contributed by atoms with Gasteiger partial charge in [-0.3, -0.25) is 19.2 Å². The maximum atomic E-state index is 14.8. The molecule has 63 heavy (non-hydrogen) atoms. The van der Waals surface area contributed by atoms with Crippen molar-refractivity contribution in [3.8, 4) is 0 Å². The van der Waals surface area contributed by atoms with Crippen molar-refractivity contribution >= 4 is 37.5 Å². The average molecular weight is 904 g/mol. The lowest BCUT2D eigenvalue weighted by Gasteiger charge is -2.47. The number of amides is 1. The van der Waals surface area contributed by atoms with Gasteiger partial charge in [-0.2, -0.15) is 0 Å². The number of hydrogen-bond acceptors (Lipinski definition) is 12. The van der Waals surface area contributed by atoms with Gasteiger partial charge in [0.2, 0.25) is 5.79 Å². The van der Waals surface area contributed by atoms with Gasteiger partial charge in [-0.05, 0) is 107 Å². The number of esters is 1. The highest BCUT2D eigenvalue weighted by atomic mass is 28.4. The van der Waals surface area contributed by atoms with Crippen molar-refractivity contribution < 1.29 is 57.2 Å². The summed E-state index contributed by atoms with van der Waals surface area (Å²) in [5.74, 6) is -6.96. The lowest BCUT2D eigenvalue weighted by Crippen LogP contribution is -2.64. The third-order valence-corrected chi connectivity index (χ3v) is 19.4. The van der Waals surface area contributed by atoms with E-state index in [4.69, 9.17) is 28.1 Å². The van der Waals surface area contributed by atoms with Gasteiger partial charge in [0, 0.05) is 58.5 Å². The van der Waals surface area contributed by atoms with Crippen LogP contribution >= 0.6 is 0 Å². The van der Waals surface area contributed by atoms with Gasteiger partial charge in [0.25, 0.3) is 11.7 Å². The molecule has 13 atom stereocenters. The Balaban J connectivity index is 1.88. The van der Waals surface area contributed by atoms with E-state index in [0.717, 1.165) is 11.1 Å². The highest BCUT2D eigenvalue weighted by Crippen LogP contribution is 2.42. The minimum atomic E-state index is -2.53. The van der Waals surface area contributed by atoms with Crippen LogP contribution in [0, 0.1) is 29.6 Å². The third kappa shape index (κ3) is 12.6. The zero-order valence-electron chi connectivity index (χ0n) is 41.0. The Morgan fingerprint density at radius 1 is 0.921 bits per heavy atom. The second-order valence-electron chi connectivity index (χ2n) is 20.8. The fourth-order valence-corrected chi connectivity index (χ4v) is 11.3. The quantitative estimate of drug-likeness (QED) is 0.109. The molecule has 358 valence electrons. The summed E-state index contributed by atoms with van der Waals surface area (Å²) in [4.78, 5) is 72.1. The van der Waals surface area contributed by atoms with Crippen LogP contribution in [-0.4, -0.2) is 124 Å². The first-order valence-electron chi connectivity index (χ1n) is 23.6. The predicted molar refractivity (Wildman–Crippen MR) is 243 cm³/mol. The Morgan fingerprint density at radius 2 is 1.57 bits per heavy atom. The topological polar surface area (TPSA) is 164 Å². The average Bonchev–Trinajstić information content (AvgIpc) is 3.23. The van der Waals surface area contributed by atoms with Crippen LogP contribution < -0.4 is 0 Å². The standard InChI is InChI=1S/C49H81NO12Si/c1-15-35-23-29(2)22-30(3)24-41(58-11)44-42(59-12)26-32(5)49(56,61-44)45(53)46(54)50-21-17-16-18-36(50)47(55)60-43(31(4)25-34-19-20-37(51)40(27-34)57-10)33(6)39(28-38(35)52)62-63(13,14)48(7,8)9/h23,25,30,32-36,39-44,56H,15-22,24,26-28H2,1-14H3/b29-23+,31-25?. The molecule has 13 nitrogen and oxygen atoms in total. The Hall–Kier alpha value is -2.59. The number of Topliss-reactive ketones (excluding diaryl/α,β-unsaturated/α-hetero) is 3. The number of cyclic esters (lactones) is 1. The molecule has 0 spiro atoms. The van der Waals surface area contributed by atoms with E-state index in [2.05, 4.69) is 52.9 Å². The molecule has 1 amide bonds. The molecule has 0 aromatic rings. The maximum absolute atomic E-state index is 14.8. The van der Waals surface area contributed by atoms with Gasteiger partial charge in [-0.1, -0.05) is 66.2 Å². The second-order valence-corrected chi connectivity index (χ2v) is 25.6. The molecule has 4 aliphatic rings. The summed E-state index contributed by atoms with van der Waals surface area (Å²) < 4.78 is 37.5. The predicted octanol–water partition coefficient (Wildman–Crippen LogP) is 7.71. The highest BCUT2D eigenvalue weighted by molar-refractivity contribution is 6.74. The molecular weight excluding hydrogens is 823 g/mol. The Labute approximate surface area is 378 Å². The Bertz CT molecular complexity index is 1690. The molecule has 0 aromatic heterocycles. The number of hydrogen-bond donors (Lipinski definition) is 1. The van der Waals surface area contributed by atoms with Crippen molar-refractivity contribution in [2.24, 2.45) is 29.6 Å². The Kier molecular flexibility index (Phi) is 18.7. The number of ether oxygens (including phenoxy) is 5. The highest BCUT2D eigenvalue weighted by Gasteiger charge is 2.57. The number of carbonyl (C=O) groups is 5. The van der Waals surface area contributed by atoms with Gasteiger partial charge in [-0.25, -0.2) is 4.79 Å². The molecule has 14 heteroatoms. The second kappa shape index (κ2) is 22.3. The number of aliphatic hydroxyl groups is 1. The normalized spacial score (nSPS) is 37.7. The summed E-state index contributed by atoms with van der Waals surface area (Å²) in [5, 5.41) is 12.0. The molecule has 3 aliphatic heterocycles. The van der Waals surface area contributed by atoms with Crippen molar-refractivity contribution in [2.45, 2.75) is 200 Å². The summed E-state index contributed by atoms with van der Waals surface area (Å²) in [6.45, 7) is 22.5. The first kappa shape index (κ1) is 53.0. The van der Waals surface area contributed by atoms with Crippen molar-refractivity contribution in [3.05, 3.63) is 23.3 Å². The van der Waals surface area contributed by atoms with Crippen LogP contribution in [0.5, 0.6) is 0 Å². The molecule has 3 heterocycles. The third-order valence-electron chi connectivity index (χ3n) is 14.9. The van der Waals surface area contributed by atoms with Gasteiger partial charge in [-0.15, -0.1) is 0 Å². The molecule has 1 N–H and O–H groups in total. The lowest BCUT2D eigenvalue weighted by molar-refractivity contribution is -0.302. The minimum absolute atomic E-state index is 0.0343.